The van der Waals surface area contributed by atoms with Gasteiger partial charge in [-0.15, -0.1) is 0 Å². The van der Waals surface area contributed by atoms with Crippen LogP contribution in [0.1, 0.15) is 5.82 Å². The van der Waals surface area contributed by atoms with Gasteiger partial charge in [0.05, 0.1) is 19.2 Å². The number of fused-ring (bicyclic) bond motifs is 1. The van der Waals surface area contributed by atoms with E-state index in [0.717, 1.165) is 28.9 Å². The van der Waals surface area contributed by atoms with Crippen molar-refractivity contribution in [3.63, 3.8) is 0 Å². The Balaban J connectivity index is 2.72. The molecule has 1 aromatic heterocycles. The van der Waals surface area contributed by atoms with Crippen LogP contribution in [0.25, 0.3) is 11.0 Å². The third kappa shape index (κ3) is 1.48. The highest BCUT2D eigenvalue weighted by molar-refractivity contribution is 5.83. The van der Waals surface area contributed by atoms with Crippen LogP contribution in [-0.4, -0.2) is 22.9 Å². The first-order chi connectivity index (χ1) is 7.27. The molecule has 0 aliphatic rings. The van der Waals surface area contributed by atoms with Gasteiger partial charge in [0.1, 0.15) is 23.4 Å². The SMILES string of the molecule is COc1cccc2c1nc(C)n2CC=O. The van der Waals surface area contributed by atoms with Crippen molar-refractivity contribution in [1.82, 2.24) is 9.55 Å². The molecule has 0 saturated heterocycles. The molecule has 15 heavy (non-hydrogen) atoms. The van der Waals surface area contributed by atoms with E-state index in [1.54, 1.807) is 7.11 Å². The molecule has 0 fully saturated rings. The number of para-hydroxylation sites is 1. The summed E-state index contributed by atoms with van der Waals surface area (Å²) in [6.45, 7) is 2.21. The molecule has 0 aliphatic heterocycles. The van der Waals surface area contributed by atoms with E-state index < -0.39 is 0 Å². The van der Waals surface area contributed by atoms with Crippen molar-refractivity contribution >= 4 is 17.3 Å². The quantitative estimate of drug-likeness (QED) is 0.712. The summed E-state index contributed by atoms with van der Waals surface area (Å²) in [7, 11) is 1.61. The summed E-state index contributed by atoms with van der Waals surface area (Å²) in [5.41, 5.74) is 1.73. The van der Waals surface area contributed by atoms with Crippen molar-refractivity contribution in [2.24, 2.45) is 0 Å². The van der Waals surface area contributed by atoms with Crippen molar-refractivity contribution in [1.29, 1.82) is 0 Å². The minimum absolute atomic E-state index is 0.329. The first-order valence-electron chi connectivity index (χ1n) is 4.71. The summed E-state index contributed by atoms with van der Waals surface area (Å²) in [6.07, 6.45) is 0.869. The van der Waals surface area contributed by atoms with Crippen molar-refractivity contribution < 1.29 is 9.53 Å². The van der Waals surface area contributed by atoms with Crippen LogP contribution >= 0.6 is 0 Å². The van der Waals surface area contributed by atoms with E-state index >= 15 is 0 Å². The van der Waals surface area contributed by atoms with Crippen LogP contribution in [-0.2, 0) is 11.3 Å². The number of ether oxygens (including phenoxy) is 1. The second-order valence-electron chi connectivity index (χ2n) is 3.26. The molecule has 2 aromatic rings. The minimum Gasteiger partial charge on any atom is -0.494 e. The molecule has 0 spiro atoms. The number of aromatic nitrogens is 2. The average Bonchev–Trinajstić information content (AvgIpc) is 2.56. The summed E-state index contributed by atoms with van der Waals surface area (Å²) in [5.74, 6) is 1.56. The highest BCUT2D eigenvalue weighted by atomic mass is 16.5. The number of hydrogen-bond acceptors (Lipinski definition) is 3. The van der Waals surface area contributed by atoms with Crippen LogP contribution in [0.5, 0.6) is 5.75 Å². The van der Waals surface area contributed by atoms with Crippen LogP contribution in [0, 0.1) is 6.92 Å². The Labute approximate surface area is 87.5 Å². The number of aryl methyl sites for hydroxylation is 1. The lowest BCUT2D eigenvalue weighted by Gasteiger charge is -2.02. The van der Waals surface area contributed by atoms with Gasteiger partial charge in [-0.25, -0.2) is 4.98 Å². The Bertz CT molecular complexity index is 503. The van der Waals surface area contributed by atoms with Crippen LogP contribution in [0.4, 0.5) is 0 Å². The lowest BCUT2D eigenvalue weighted by molar-refractivity contribution is -0.108. The monoisotopic (exact) mass is 204 g/mol. The van der Waals surface area contributed by atoms with Gasteiger partial charge in [0, 0.05) is 0 Å². The Kier molecular flexibility index (Phi) is 2.41. The van der Waals surface area contributed by atoms with Crippen LogP contribution < -0.4 is 4.74 Å². The molecule has 0 N–H and O–H groups in total. The third-order valence-electron chi connectivity index (χ3n) is 2.41. The molecule has 4 heteroatoms. The van der Waals surface area contributed by atoms with E-state index in [-0.39, 0.29) is 0 Å². The molecule has 0 radical (unpaired) electrons. The maximum atomic E-state index is 10.5. The van der Waals surface area contributed by atoms with Gasteiger partial charge in [-0.3, -0.25) is 0 Å². The summed E-state index contributed by atoms with van der Waals surface area (Å²) >= 11 is 0. The van der Waals surface area contributed by atoms with E-state index in [9.17, 15) is 4.79 Å². The second kappa shape index (κ2) is 3.73. The third-order valence-corrected chi connectivity index (χ3v) is 2.41. The molecule has 0 atom stereocenters. The van der Waals surface area contributed by atoms with Gasteiger partial charge < -0.3 is 14.1 Å². The van der Waals surface area contributed by atoms with Gasteiger partial charge >= 0.3 is 0 Å². The second-order valence-corrected chi connectivity index (χ2v) is 3.26. The number of carbonyl (C=O) groups is 1. The van der Waals surface area contributed by atoms with Crippen LogP contribution in [0.15, 0.2) is 18.2 Å². The number of rotatable bonds is 3. The maximum absolute atomic E-state index is 10.5. The van der Waals surface area contributed by atoms with Crippen molar-refractivity contribution in [3.05, 3.63) is 24.0 Å². The predicted molar refractivity (Wildman–Crippen MR) is 57.1 cm³/mol. The van der Waals surface area contributed by atoms with Crippen molar-refractivity contribution in [2.75, 3.05) is 7.11 Å². The lowest BCUT2D eigenvalue weighted by atomic mass is 10.3. The fraction of sp³-hybridized carbons (Fsp3) is 0.273. The van der Waals surface area contributed by atoms with Gasteiger partial charge in [0.2, 0.25) is 0 Å². The van der Waals surface area contributed by atoms with Gasteiger partial charge in [-0.1, -0.05) is 6.07 Å². The standard InChI is InChI=1S/C11H12N2O2/c1-8-12-11-9(13(8)6-7-14)4-3-5-10(11)15-2/h3-5,7H,6H2,1-2H3. The van der Waals surface area contributed by atoms with Crippen molar-refractivity contribution in [2.45, 2.75) is 13.5 Å². The fourth-order valence-electron chi connectivity index (χ4n) is 1.71. The average molecular weight is 204 g/mol. The predicted octanol–water partition coefficient (Wildman–Crippen LogP) is 1.55. The number of nitrogens with zero attached hydrogens (tertiary/aromatic N) is 2. The Hall–Kier alpha value is -1.84. The fourth-order valence-corrected chi connectivity index (χ4v) is 1.71. The molecule has 0 amide bonds. The maximum Gasteiger partial charge on any atom is 0.146 e. The van der Waals surface area contributed by atoms with Gasteiger partial charge in [-0.2, -0.15) is 0 Å². The Morgan fingerprint density at radius 1 is 1.53 bits per heavy atom. The summed E-state index contributed by atoms with van der Waals surface area (Å²) < 4.78 is 7.08. The Morgan fingerprint density at radius 3 is 3.00 bits per heavy atom. The smallest absolute Gasteiger partial charge is 0.146 e. The van der Waals surface area contributed by atoms with E-state index in [4.69, 9.17) is 4.74 Å². The normalized spacial score (nSPS) is 10.5. The van der Waals surface area contributed by atoms with Gasteiger partial charge in [-0.05, 0) is 19.1 Å². The number of hydrogen-bond donors (Lipinski definition) is 0. The molecule has 1 aromatic carbocycles. The zero-order valence-corrected chi connectivity index (χ0v) is 8.73. The largest absolute Gasteiger partial charge is 0.494 e. The minimum atomic E-state index is 0.329. The van der Waals surface area contributed by atoms with Crippen LogP contribution in [0.2, 0.25) is 0 Å². The first kappa shape index (κ1) is 9.71. The zero-order valence-electron chi connectivity index (χ0n) is 8.73. The molecule has 78 valence electrons. The van der Waals surface area contributed by atoms with E-state index in [0.29, 0.717) is 6.54 Å². The number of methoxy groups -OCH3 is 1. The molecule has 4 nitrogen and oxygen atoms in total. The Morgan fingerprint density at radius 2 is 2.33 bits per heavy atom. The highest BCUT2D eigenvalue weighted by Crippen LogP contribution is 2.25. The summed E-state index contributed by atoms with van der Waals surface area (Å²) in [6, 6.07) is 5.69. The lowest BCUT2D eigenvalue weighted by Crippen LogP contribution is -2.00. The van der Waals surface area contributed by atoms with Gasteiger partial charge in [0.25, 0.3) is 0 Å². The molecule has 0 unspecified atom stereocenters. The molecule has 0 saturated carbocycles. The summed E-state index contributed by atoms with van der Waals surface area (Å²) in [4.78, 5) is 14.9. The van der Waals surface area contributed by atoms with Crippen molar-refractivity contribution in [3.8, 4) is 5.75 Å². The first-order valence-corrected chi connectivity index (χ1v) is 4.71. The molecular weight excluding hydrogens is 192 g/mol. The van der Waals surface area contributed by atoms with Crippen LogP contribution in [0.3, 0.4) is 0 Å². The molecule has 2 rings (SSSR count). The molecule has 0 aliphatic carbocycles. The van der Waals surface area contributed by atoms with E-state index in [2.05, 4.69) is 4.98 Å². The zero-order chi connectivity index (χ0) is 10.8. The molecule has 1 heterocycles. The topological polar surface area (TPSA) is 44.1 Å². The number of carbonyl (C=O) groups excluding carboxylic acids is 1. The summed E-state index contributed by atoms with van der Waals surface area (Å²) in [5, 5.41) is 0. The van der Waals surface area contributed by atoms with E-state index in [1.807, 2.05) is 29.7 Å². The number of benzene rings is 1. The number of imidazole rings is 1. The number of aldehydes is 1. The van der Waals surface area contributed by atoms with E-state index in [1.165, 1.54) is 0 Å². The molecule has 0 bridgehead atoms. The van der Waals surface area contributed by atoms with Gasteiger partial charge in [0.15, 0.2) is 0 Å². The molecular formula is C11H12N2O2. The highest BCUT2D eigenvalue weighted by Gasteiger charge is 2.10.